The number of nitrogen functional groups attached to an aromatic ring is 1. The Labute approximate surface area is 179 Å². The summed E-state index contributed by atoms with van der Waals surface area (Å²) in [4.78, 5) is 38.4. The van der Waals surface area contributed by atoms with Crippen molar-refractivity contribution in [3.8, 4) is 0 Å². The Morgan fingerprint density at radius 1 is 1.06 bits per heavy atom. The van der Waals surface area contributed by atoms with E-state index in [1.807, 2.05) is 37.3 Å². The van der Waals surface area contributed by atoms with E-state index in [-0.39, 0.29) is 29.7 Å². The molecule has 9 heteroatoms. The van der Waals surface area contributed by atoms with Crippen molar-refractivity contribution in [2.75, 3.05) is 24.1 Å². The van der Waals surface area contributed by atoms with Crippen LogP contribution >= 0.6 is 0 Å². The average molecular weight is 417 g/mol. The van der Waals surface area contributed by atoms with Crippen LogP contribution in [-0.2, 0) is 0 Å². The van der Waals surface area contributed by atoms with Crippen molar-refractivity contribution < 1.29 is 9.59 Å². The van der Waals surface area contributed by atoms with Crippen LogP contribution in [0.25, 0.3) is 0 Å². The molecule has 2 aromatic heterocycles. The quantitative estimate of drug-likeness (QED) is 0.586. The summed E-state index contributed by atoms with van der Waals surface area (Å²) in [6.07, 6.45) is 4.81. The Bertz CT molecular complexity index is 1050. The van der Waals surface area contributed by atoms with Gasteiger partial charge >= 0.3 is 6.03 Å². The molecule has 3 aromatic rings. The van der Waals surface area contributed by atoms with E-state index in [1.54, 1.807) is 23.2 Å². The fourth-order valence-electron chi connectivity index (χ4n) is 3.33. The van der Waals surface area contributed by atoms with Crippen LogP contribution in [0.1, 0.15) is 40.6 Å². The number of hydrogen-bond acceptors (Lipinski definition) is 6. The summed E-state index contributed by atoms with van der Waals surface area (Å²) >= 11 is 0. The van der Waals surface area contributed by atoms with Crippen LogP contribution in [0.15, 0.2) is 61.1 Å². The van der Waals surface area contributed by atoms with Gasteiger partial charge < -0.3 is 21.3 Å². The Morgan fingerprint density at radius 2 is 1.77 bits per heavy atom. The second-order valence-electron chi connectivity index (χ2n) is 7.44. The number of aromatic nitrogens is 3. The third-order valence-electron chi connectivity index (χ3n) is 5.23. The van der Waals surface area contributed by atoms with Gasteiger partial charge in [-0.2, -0.15) is 0 Å². The number of nitrogens with one attached hydrogen (secondary N) is 2. The second kappa shape index (κ2) is 8.78. The molecular formula is C22H23N7O2. The summed E-state index contributed by atoms with van der Waals surface area (Å²) in [7, 11) is 0. The molecule has 0 radical (unpaired) electrons. The zero-order chi connectivity index (χ0) is 21.8. The normalized spacial score (nSPS) is 14.4. The van der Waals surface area contributed by atoms with Gasteiger partial charge in [-0.1, -0.05) is 18.2 Å². The summed E-state index contributed by atoms with van der Waals surface area (Å²) in [6, 6.07) is 12.4. The molecule has 31 heavy (non-hydrogen) atoms. The largest absolute Gasteiger partial charge is 0.384 e. The van der Waals surface area contributed by atoms with Crippen molar-refractivity contribution >= 4 is 23.4 Å². The van der Waals surface area contributed by atoms with Gasteiger partial charge in [-0.25, -0.2) is 19.7 Å². The number of carbonyl (C=O) groups excluding carboxylic acids is 2. The first-order chi connectivity index (χ1) is 15.0. The first kappa shape index (κ1) is 20.3. The third kappa shape index (κ3) is 4.77. The van der Waals surface area contributed by atoms with Gasteiger partial charge in [-0.15, -0.1) is 0 Å². The van der Waals surface area contributed by atoms with Gasteiger partial charge in [0.1, 0.15) is 5.82 Å². The van der Waals surface area contributed by atoms with E-state index in [4.69, 9.17) is 5.73 Å². The lowest BCUT2D eigenvalue weighted by Gasteiger charge is -2.39. The number of benzene rings is 1. The maximum absolute atomic E-state index is 12.5. The van der Waals surface area contributed by atoms with Gasteiger partial charge in [-0.05, 0) is 42.3 Å². The average Bonchev–Trinajstić information content (AvgIpc) is 2.75. The number of carbonyl (C=O) groups is 2. The molecular weight excluding hydrogens is 394 g/mol. The van der Waals surface area contributed by atoms with Crippen molar-refractivity contribution in [3.05, 3.63) is 78.0 Å². The van der Waals surface area contributed by atoms with Crippen LogP contribution in [0.5, 0.6) is 0 Å². The molecule has 3 amide bonds. The molecule has 0 aliphatic carbocycles. The highest BCUT2D eigenvalue weighted by atomic mass is 16.2. The zero-order valence-corrected chi connectivity index (χ0v) is 17.0. The van der Waals surface area contributed by atoms with E-state index < -0.39 is 0 Å². The molecule has 4 rings (SSSR count). The molecule has 3 heterocycles. The van der Waals surface area contributed by atoms with Gasteiger partial charge in [0.25, 0.3) is 5.91 Å². The fourth-order valence-corrected chi connectivity index (χ4v) is 3.33. The number of rotatable bonds is 5. The van der Waals surface area contributed by atoms with Crippen molar-refractivity contribution in [1.82, 2.24) is 25.2 Å². The van der Waals surface area contributed by atoms with Gasteiger partial charge in [0.05, 0.1) is 6.04 Å². The lowest BCUT2D eigenvalue weighted by atomic mass is 9.93. The van der Waals surface area contributed by atoms with E-state index in [9.17, 15) is 9.59 Å². The van der Waals surface area contributed by atoms with Crippen LogP contribution in [0, 0.1) is 0 Å². The monoisotopic (exact) mass is 417 g/mol. The van der Waals surface area contributed by atoms with Gasteiger partial charge in [0.15, 0.2) is 0 Å². The lowest BCUT2D eigenvalue weighted by Crippen LogP contribution is -2.50. The Morgan fingerprint density at radius 3 is 2.42 bits per heavy atom. The van der Waals surface area contributed by atoms with Crippen molar-refractivity contribution in [3.63, 3.8) is 0 Å². The van der Waals surface area contributed by atoms with Crippen LogP contribution in [0.4, 0.5) is 16.3 Å². The Kier molecular flexibility index (Phi) is 5.74. The number of anilines is 2. The topological polar surface area (TPSA) is 126 Å². The minimum absolute atomic E-state index is 0.126. The standard InChI is InChI=1S/C22H23N7O2/c1-14(27-21(30)20-24-9-2-10-25-20)15-3-6-18(7-4-15)28-22(31)29-12-17(13-29)16-5-8-19(23)26-11-16/h2-11,14,17H,12-13H2,1H3,(H2,23,26)(H,27,30)(H,28,31)/t14-/m0/s1. The Balaban J connectivity index is 1.28. The van der Waals surface area contributed by atoms with Crippen LogP contribution in [0.3, 0.4) is 0 Å². The number of likely N-dealkylation sites (tertiary alicyclic amines) is 1. The summed E-state index contributed by atoms with van der Waals surface area (Å²) in [5.41, 5.74) is 8.29. The molecule has 1 saturated heterocycles. The number of urea groups is 1. The molecule has 1 fully saturated rings. The molecule has 4 N–H and O–H groups in total. The minimum Gasteiger partial charge on any atom is -0.384 e. The lowest BCUT2D eigenvalue weighted by molar-refractivity contribution is 0.0929. The smallest absolute Gasteiger partial charge is 0.321 e. The molecule has 1 aliphatic rings. The third-order valence-corrected chi connectivity index (χ3v) is 5.23. The van der Waals surface area contributed by atoms with Gasteiger partial charge in [-0.3, -0.25) is 4.79 Å². The van der Waals surface area contributed by atoms with E-state index >= 15 is 0 Å². The van der Waals surface area contributed by atoms with Crippen LogP contribution in [0.2, 0.25) is 0 Å². The summed E-state index contributed by atoms with van der Waals surface area (Å²) in [5, 5.41) is 5.76. The highest BCUT2D eigenvalue weighted by Gasteiger charge is 2.32. The van der Waals surface area contributed by atoms with Gasteiger partial charge in [0.2, 0.25) is 5.82 Å². The number of nitrogens with zero attached hydrogens (tertiary/aromatic N) is 4. The first-order valence-corrected chi connectivity index (χ1v) is 9.95. The highest BCUT2D eigenvalue weighted by Crippen LogP contribution is 2.27. The predicted molar refractivity (Wildman–Crippen MR) is 116 cm³/mol. The van der Waals surface area contributed by atoms with Crippen molar-refractivity contribution in [2.24, 2.45) is 0 Å². The van der Waals surface area contributed by atoms with E-state index in [0.717, 1.165) is 11.1 Å². The molecule has 1 aromatic carbocycles. The molecule has 1 aliphatic heterocycles. The molecule has 0 unspecified atom stereocenters. The van der Waals surface area contributed by atoms with E-state index in [2.05, 4.69) is 25.6 Å². The number of amides is 3. The second-order valence-corrected chi connectivity index (χ2v) is 7.44. The van der Waals surface area contributed by atoms with E-state index in [0.29, 0.717) is 24.6 Å². The summed E-state index contributed by atoms with van der Waals surface area (Å²) in [6.45, 7) is 3.15. The molecule has 158 valence electrons. The number of nitrogens with two attached hydrogens (primary N) is 1. The van der Waals surface area contributed by atoms with Crippen LogP contribution in [-0.4, -0.2) is 44.9 Å². The van der Waals surface area contributed by atoms with Crippen molar-refractivity contribution in [2.45, 2.75) is 18.9 Å². The van der Waals surface area contributed by atoms with Crippen molar-refractivity contribution in [1.29, 1.82) is 0 Å². The highest BCUT2D eigenvalue weighted by molar-refractivity contribution is 5.91. The fraction of sp³-hybridized carbons (Fsp3) is 0.227. The first-order valence-electron chi connectivity index (χ1n) is 9.95. The SMILES string of the molecule is C[C@H](NC(=O)c1ncccn1)c1ccc(NC(=O)N2CC(c3ccc(N)nc3)C2)cc1. The predicted octanol–water partition coefficient (Wildman–Crippen LogP) is 2.58. The molecule has 0 saturated carbocycles. The maximum Gasteiger partial charge on any atom is 0.321 e. The maximum atomic E-state index is 12.5. The van der Waals surface area contributed by atoms with Gasteiger partial charge in [0, 0.05) is 43.3 Å². The number of hydrogen-bond donors (Lipinski definition) is 3. The Hall–Kier alpha value is -4.01. The molecule has 0 spiro atoms. The zero-order valence-electron chi connectivity index (χ0n) is 17.0. The molecule has 1 atom stereocenters. The minimum atomic E-state index is -0.339. The van der Waals surface area contributed by atoms with E-state index in [1.165, 1.54) is 12.4 Å². The summed E-state index contributed by atoms with van der Waals surface area (Å²) < 4.78 is 0. The molecule has 0 bridgehead atoms. The number of pyridine rings is 1. The van der Waals surface area contributed by atoms with Crippen LogP contribution < -0.4 is 16.4 Å². The molecule has 9 nitrogen and oxygen atoms in total. The summed E-state index contributed by atoms with van der Waals surface area (Å²) in [5.74, 6) is 0.553.